The summed E-state index contributed by atoms with van der Waals surface area (Å²) in [5, 5.41) is 15.5. The highest BCUT2D eigenvalue weighted by Crippen LogP contribution is 2.30. The second-order valence-electron chi connectivity index (χ2n) is 8.25. The standard InChI is InChI=1S/C24H27N5O2S/c1-15-10-11-17(3)20(13-15)26-24(31)29-12-6-8-18(14-29)22-27-28-23(32-22)21(30)25-19-9-5-4-7-16(19)2/h4-5,7,9-11,13,18H,6,8,12,14H2,1-3H3,(H,25,30)(H,26,31)/t18-/m1/s1. The van der Waals surface area contributed by atoms with Gasteiger partial charge in [0.15, 0.2) is 0 Å². The summed E-state index contributed by atoms with van der Waals surface area (Å²) in [6.07, 6.45) is 1.80. The molecular weight excluding hydrogens is 422 g/mol. The van der Waals surface area contributed by atoms with Crippen LogP contribution in [0, 0.1) is 20.8 Å². The Morgan fingerprint density at radius 3 is 2.59 bits per heavy atom. The van der Waals surface area contributed by atoms with Gasteiger partial charge in [-0.2, -0.15) is 0 Å². The van der Waals surface area contributed by atoms with Crippen molar-refractivity contribution in [1.29, 1.82) is 0 Å². The van der Waals surface area contributed by atoms with Crippen LogP contribution >= 0.6 is 11.3 Å². The Hall–Kier alpha value is -3.26. The first-order chi connectivity index (χ1) is 15.4. The summed E-state index contributed by atoms with van der Waals surface area (Å²) in [6.45, 7) is 7.20. The van der Waals surface area contributed by atoms with E-state index in [9.17, 15) is 9.59 Å². The smallest absolute Gasteiger partial charge is 0.321 e. The van der Waals surface area contributed by atoms with Crippen LogP contribution in [0.1, 0.15) is 50.3 Å². The summed E-state index contributed by atoms with van der Waals surface area (Å²) >= 11 is 1.30. The number of aryl methyl sites for hydroxylation is 3. The maximum absolute atomic E-state index is 12.9. The van der Waals surface area contributed by atoms with Crippen LogP contribution in [0.3, 0.4) is 0 Å². The lowest BCUT2D eigenvalue weighted by atomic mass is 9.99. The van der Waals surface area contributed by atoms with Gasteiger partial charge in [-0.3, -0.25) is 4.79 Å². The van der Waals surface area contributed by atoms with E-state index < -0.39 is 0 Å². The number of benzene rings is 2. The van der Waals surface area contributed by atoms with Crippen LogP contribution in [0.4, 0.5) is 16.2 Å². The second kappa shape index (κ2) is 9.48. The molecule has 3 aromatic rings. The first-order valence-electron chi connectivity index (χ1n) is 10.7. The van der Waals surface area contributed by atoms with Gasteiger partial charge in [-0.25, -0.2) is 4.79 Å². The van der Waals surface area contributed by atoms with E-state index in [1.807, 2.05) is 68.1 Å². The Morgan fingerprint density at radius 1 is 1.00 bits per heavy atom. The van der Waals surface area contributed by atoms with Crippen molar-refractivity contribution in [3.8, 4) is 0 Å². The monoisotopic (exact) mass is 449 g/mol. The number of nitrogens with zero attached hydrogens (tertiary/aromatic N) is 3. The molecule has 0 spiro atoms. The minimum Gasteiger partial charge on any atom is -0.324 e. The summed E-state index contributed by atoms with van der Waals surface area (Å²) in [5.74, 6) is -0.186. The fraction of sp³-hybridized carbons (Fsp3) is 0.333. The summed E-state index contributed by atoms with van der Waals surface area (Å²) in [4.78, 5) is 27.3. The number of hydrogen-bond donors (Lipinski definition) is 2. The number of anilines is 2. The Morgan fingerprint density at radius 2 is 1.78 bits per heavy atom. The first kappa shape index (κ1) is 22.0. The van der Waals surface area contributed by atoms with Gasteiger partial charge in [-0.15, -0.1) is 10.2 Å². The zero-order valence-electron chi connectivity index (χ0n) is 18.5. The molecule has 0 unspecified atom stereocenters. The quantitative estimate of drug-likeness (QED) is 0.578. The van der Waals surface area contributed by atoms with Crippen molar-refractivity contribution in [3.05, 3.63) is 69.2 Å². The normalized spacial score (nSPS) is 16.0. The molecule has 3 amide bonds. The first-order valence-corrected chi connectivity index (χ1v) is 11.6. The molecule has 0 saturated carbocycles. The molecule has 2 heterocycles. The molecule has 7 nitrogen and oxygen atoms in total. The summed E-state index contributed by atoms with van der Waals surface area (Å²) < 4.78 is 0. The number of aromatic nitrogens is 2. The second-order valence-corrected chi connectivity index (χ2v) is 9.26. The number of likely N-dealkylation sites (tertiary alicyclic amines) is 1. The minimum atomic E-state index is -0.261. The van der Waals surface area contributed by atoms with Gasteiger partial charge < -0.3 is 15.5 Å². The fourth-order valence-corrected chi connectivity index (χ4v) is 4.67. The molecule has 1 fully saturated rings. The van der Waals surface area contributed by atoms with Gasteiger partial charge >= 0.3 is 6.03 Å². The third-order valence-corrected chi connectivity index (χ3v) is 6.81. The highest BCUT2D eigenvalue weighted by atomic mass is 32.1. The number of urea groups is 1. The fourth-order valence-electron chi connectivity index (χ4n) is 3.81. The number of rotatable bonds is 4. The van der Waals surface area contributed by atoms with E-state index in [1.165, 1.54) is 11.3 Å². The highest BCUT2D eigenvalue weighted by molar-refractivity contribution is 7.13. The third kappa shape index (κ3) is 4.96. The van der Waals surface area contributed by atoms with Crippen molar-refractivity contribution in [3.63, 3.8) is 0 Å². The van der Waals surface area contributed by atoms with Gasteiger partial charge in [-0.05, 0) is 62.4 Å². The van der Waals surface area contributed by atoms with Crippen LogP contribution in [0.2, 0.25) is 0 Å². The summed E-state index contributed by atoms with van der Waals surface area (Å²) in [6, 6.07) is 13.5. The van der Waals surface area contributed by atoms with Gasteiger partial charge in [-0.1, -0.05) is 41.7 Å². The Labute approximate surface area is 191 Å². The van der Waals surface area contributed by atoms with E-state index in [0.29, 0.717) is 18.1 Å². The molecule has 0 bridgehead atoms. The molecule has 8 heteroatoms. The van der Waals surface area contributed by atoms with E-state index >= 15 is 0 Å². The van der Waals surface area contributed by atoms with Crippen LogP contribution in [-0.4, -0.2) is 40.1 Å². The molecule has 1 aromatic heterocycles. The van der Waals surface area contributed by atoms with E-state index in [1.54, 1.807) is 0 Å². The van der Waals surface area contributed by atoms with E-state index in [2.05, 4.69) is 20.8 Å². The molecule has 2 aromatic carbocycles. The molecule has 2 N–H and O–H groups in total. The number of para-hydroxylation sites is 1. The molecule has 32 heavy (non-hydrogen) atoms. The third-order valence-electron chi connectivity index (χ3n) is 5.72. The number of carbonyl (C=O) groups is 2. The van der Waals surface area contributed by atoms with Crippen molar-refractivity contribution in [2.75, 3.05) is 23.7 Å². The van der Waals surface area contributed by atoms with Crippen molar-refractivity contribution in [2.24, 2.45) is 0 Å². The maximum atomic E-state index is 12.9. The lowest BCUT2D eigenvalue weighted by molar-refractivity contribution is 0.102. The van der Waals surface area contributed by atoms with Crippen LogP contribution in [0.25, 0.3) is 0 Å². The molecule has 1 saturated heterocycles. The van der Waals surface area contributed by atoms with Gasteiger partial charge in [0.05, 0.1) is 0 Å². The van der Waals surface area contributed by atoms with Crippen LogP contribution < -0.4 is 10.6 Å². The zero-order valence-corrected chi connectivity index (χ0v) is 19.3. The predicted molar refractivity (Wildman–Crippen MR) is 128 cm³/mol. The summed E-state index contributed by atoms with van der Waals surface area (Å²) in [7, 11) is 0. The average Bonchev–Trinajstić information content (AvgIpc) is 3.28. The molecule has 166 valence electrons. The minimum absolute atomic E-state index is 0.0746. The van der Waals surface area contributed by atoms with E-state index in [0.717, 1.165) is 45.9 Å². The van der Waals surface area contributed by atoms with E-state index in [4.69, 9.17) is 0 Å². The number of amides is 3. The Bertz CT molecular complexity index is 1140. The topological polar surface area (TPSA) is 87.2 Å². The van der Waals surface area contributed by atoms with Crippen molar-refractivity contribution in [2.45, 2.75) is 39.5 Å². The predicted octanol–water partition coefficient (Wildman–Crippen LogP) is 5.13. The van der Waals surface area contributed by atoms with Gasteiger partial charge in [0.1, 0.15) is 5.01 Å². The number of carbonyl (C=O) groups excluding carboxylic acids is 2. The highest BCUT2D eigenvalue weighted by Gasteiger charge is 2.28. The van der Waals surface area contributed by atoms with E-state index in [-0.39, 0.29) is 17.9 Å². The molecule has 1 aliphatic heterocycles. The summed E-state index contributed by atoms with van der Waals surface area (Å²) in [5.41, 5.74) is 4.73. The van der Waals surface area contributed by atoms with Crippen molar-refractivity contribution < 1.29 is 9.59 Å². The van der Waals surface area contributed by atoms with Crippen molar-refractivity contribution >= 4 is 34.6 Å². The molecule has 1 atom stereocenters. The lowest BCUT2D eigenvalue weighted by Crippen LogP contribution is -2.41. The largest absolute Gasteiger partial charge is 0.324 e. The van der Waals surface area contributed by atoms with Crippen LogP contribution in [-0.2, 0) is 0 Å². The van der Waals surface area contributed by atoms with Gasteiger partial charge in [0.25, 0.3) is 5.91 Å². The maximum Gasteiger partial charge on any atom is 0.321 e. The number of hydrogen-bond acceptors (Lipinski definition) is 5. The number of nitrogens with one attached hydrogen (secondary N) is 2. The SMILES string of the molecule is Cc1ccc(C)c(NC(=O)N2CCC[C@@H](c3nnc(C(=O)Nc4ccccc4C)s3)C2)c1. The van der Waals surface area contributed by atoms with Gasteiger partial charge in [0, 0.05) is 30.4 Å². The Kier molecular flexibility index (Phi) is 6.50. The van der Waals surface area contributed by atoms with Gasteiger partial charge in [0.2, 0.25) is 5.01 Å². The Balaban J connectivity index is 1.41. The molecule has 0 aliphatic carbocycles. The van der Waals surface area contributed by atoms with Crippen LogP contribution in [0.5, 0.6) is 0 Å². The molecule has 1 aliphatic rings. The van der Waals surface area contributed by atoms with Crippen LogP contribution in [0.15, 0.2) is 42.5 Å². The molecular formula is C24H27N5O2S. The molecule has 4 rings (SSSR count). The van der Waals surface area contributed by atoms with Crippen molar-refractivity contribution in [1.82, 2.24) is 15.1 Å². The average molecular weight is 450 g/mol. The zero-order chi connectivity index (χ0) is 22.7. The lowest BCUT2D eigenvalue weighted by Gasteiger charge is -2.31. The molecule has 0 radical (unpaired) electrons. The number of piperidine rings is 1.